The Morgan fingerprint density at radius 3 is 2.77 bits per heavy atom. The van der Waals surface area contributed by atoms with E-state index in [1.54, 1.807) is 18.3 Å². The fourth-order valence-electron chi connectivity index (χ4n) is 4.29. The number of anilines is 3. The third kappa shape index (κ3) is 4.88. The summed E-state index contributed by atoms with van der Waals surface area (Å²) in [5, 5.41) is 17.4. The van der Waals surface area contributed by atoms with Gasteiger partial charge in [-0.05, 0) is 37.5 Å². The second kappa shape index (κ2) is 9.32. The molecule has 1 aliphatic carbocycles. The fourth-order valence-corrected chi connectivity index (χ4v) is 5.21. The topological polar surface area (TPSA) is 95.9 Å². The molecule has 10 heteroatoms. The molecule has 0 spiro atoms. The van der Waals surface area contributed by atoms with Gasteiger partial charge in [0.25, 0.3) is 0 Å². The highest BCUT2D eigenvalue weighted by Gasteiger charge is 2.24. The number of nitrogens with one attached hydrogen (secondary N) is 2. The predicted octanol–water partition coefficient (Wildman–Crippen LogP) is 4.34. The monoisotopic (exact) mass is 459 g/mol. The number of rotatable bonds is 5. The SMILES string of the molecule is CC(=O)N1CCC(Nc2cnc3ccc(Nc4nnc(C5CCCC5)s4)nc3c2)C1.Cl. The largest absolute Gasteiger partial charge is 0.379 e. The number of nitrogens with zero attached hydrogens (tertiary/aromatic N) is 5. The number of amides is 1. The lowest BCUT2D eigenvalue weighted by molar-refractivity contribution is -0.127. The first kappa shape index (κ1) is 21.7. The van der Waals surface area contributed by atoms with Crippen LogP contribution in [0.3, 0.4) is 0 Å². The van der Waals surface area contributed by atoms with Crippen LogP contribution in [-0.2, 0) is 4.79 Å². The van der Waals surface area contributed by atoms with Gasteiger partial charge in [-0.25, -0.2) is 4.98 Å². The minimum absolute atomic E-state index is 0. The molecule has 2 N–H and O–H groups in total. The number of fused-ring (bicyclic) bond motifs is 1. The molecule has 3 aromatic heterocycles. The van der Waals surface area contributed by atoms with Gasteiger partial charge in [-0.2, -0.15) is 0 Å². The summed E-state index contributed by atoms with van der Waals surface area (Å²) >= 11 is 1.62. The molecule has 1 atom stereocenters. The van der Waals surface area contributed by atoms with Crippen molar-refractivity contribution in [3.8, 4) is 0 Å². The van der Waals surface area contributed by atoms with Gasteiger partial charge in [-0.3, -0.25) is 9.78 Å². The molecule has 2 aliphatic rings. The van der Waals surface area contributed by atoms with Crippen LogP contribution in [0, 0.1) is 0 Å². The average molecular weight is 460 g/mol. The molecular weight excluding hydrogens is 434 g/mol. The number of carbonyl (C=O) groups is 1. The van der Waals surface area contributed by atoms with Gasteiger partial charge in [0.2, 0.25) is 11.0 Å². The zero-order valence-corrected chi connectivity index (χ0v) is 19.0. The lowest BCUT2D eigenvalue weighted by atomic mass is 10.1. The van der Waals surface area contributed by atoms with Crippen molar-refractivity contribution in [2.24, 2.45) is 0 Å². The minimum atomic E-state index is 0. The van der Waals surface area contributed by atoms with Crippen molar-refractivity contribution in [1.82, 2.24) is 25.1 Å². The highest BCUT2D eigenvalue weighted by molar-refractivity contribution is 7.15. The summed E-state index contributed by atoms with van der Waals surface area (Å²) in [6, 6.07) is 6.12. The lowest BCUT2D eigenvalue weighted by Crippen LogP contribution is -2.29. The average Bonchev–Trinajstić information content (AvgIpc) is 3.49. The second-order valence-corrected chi connectivity index (χ2v) is 9.11. The molecule has 1 saturated carbocycles. The van der Waals surface area contributed by atoms with E-state index in [9.17, 15) is 4.79 Å². The number of pyridine rings is 2. The number of aromatic nitrogens is 4. The van der Waals surface area contributed by atoms with Crippen molar-refractivity contribution in [1.29, 1.82) is 0 Å². The lowest BCUT2D eigenvalue weighted by Gasteiger charge is -2.16. The van der Waals surface area contributed by atoms with E-state index < -0.39 is 0 Å². The molecule has 4 heterocycles. The first-order valence-electron chi connectivity index (χ1n) is 10.5. The third-order valence-electron chi connectivity index (χ3n) is 5.92. The Kier molecular flexibility index (Phi) is 6.52. The molecule has 164 valence electrons. The Hall–Kier alpha value is -2.52. The Balaban J connectivity index is 0.00000231. The van der Waals surface area contributed by atoms with Crippen molar-refractivity contribution >= 4 is 57.3 Å². The summed E-state index contributed by atoms with van der Waals surface area (Å²) in [4.78, 5) is 22.7. The molecule has 5 rings (SSSR count). The van der Waals surface area contributed by atoms with Gasteiger partial charge in [0.15, 0.2) is 0 Å². The first-order valence-corrected chi connectivity index (χ1v) is 11.3. The quantitative estimate of drug-likeness (QED) is 0.585. The van der Waals surface area contributed by atoms with E-state index in [1.807, 2.05) is 29.3 Å². The Bertz CT molecular complexity index is 1070. The zero-order chi connectivity index (χ0) is 20.5. The van der Waals surface area contributed by atoms with Crippen molar-refractivity contribution in [3.63, 3.8) is 0 Å². The number of carbonyl (C=O) groups excluding carboxylic acids is 1. The Morgan fingerprint density at radius 2 is 2.00 bits per heavy atom. The molecular formula is C21H26ClN7OS. The van der Waals surface area contributed by atoms with E-state index in [-0.39, 0.29) is 24.4 Å². The molecule has 1 amide bonds. The molecule has 1 saturated heterocycles. The van der Waals surface area contributed by atoms with E-state index in [4.69, 9.17) is 4.98 Å². The van der Waals surface area contributed by atoms with E-state index in [2.05, 4.69) is 25.8 Å². The molecule has 0 bridgehead atoms. The third-order valence-corrected chi connectivity index (χ3v) is 6.92. The number of halogens is 1. The summed E-state index contributed by atoms with van der Waals surface area (Å²) in [5.41, 5.74) is 2.57. The molecule has 3 aromatic rings. The van der Waals surface area contributed by atoms with Crippen LogP contribution in [0.1, 0.15) is 50.0 Å². The van der Waals surface area contributed by atoms with Crippen LogP contribution in [-0.4, -0.2) is 50.1 Å². The van der Waals surface area contributed by atoms with E-state index >= 15 is 0 Å². The molecule has 31 heavy (non-hydrogen) atoms. The van der Waals surface area contributed by atoms with Crippen LogP contribution in [0.25, 0.3) is 11.0 Å². The predicted molar refractivity (Wildman–Crippen MR) is 125 cm³/mol. The van der Waals surface area contributed by atoms with Crippen molar-refractivity contribution in [2.75, 3.05) is 23.7 Å². The number of hydrogen-bond acceptors (Lipinski definition) is 8. The highest BCUT2D eigenvalue weighted by Crippen LogP contribution is 2.37. The number of likely N-dealkylation sites (tertiary alicyclic amines) is 1. The minimum Gasteiger partial charge on any atom is -0.379 e. The fraction of sp³-hybridized carbons (Fsp3) is 0.476. The summed E-state index contributed by atoms with van der Waals surface area (Å²) in [6.07, 6.45) is 7.77. The maximum Gasteiger partial charge on any atom is 0.219 e. The van der Waals surface area contributed by atoms with Gasteiger partial charge in [-0.15, -0.1) is 22.6 Å². The maximum atomic E-state index is 11.5. The van der Waals surface area contributed by atoms with Crippen LogP contribution in [0.15, 0.2) is 24.4 Å². The van der Waals surface area contributed by atoms with Crippen molar-refractivity contribution < 1.29 is 4.79 Å². The molecule has 0 radical (unpaired) electrons. The van der Waals surface area contributed by atoms with Gasteiger partial charge in [0.05, 0.1) is 22.9 Å². The molecule has 8 nitrogen and oxygen atoms in total. The van der Waals surface area contributed by atoms with E-state index in [0.29, 0.717) is 5.92 Å². The Labute approximate surface area is 191 Å². The van der Waals surface area contributed by atoms with Gasteiger partial charge < -0.3 is 15.5 Å². The maximum absolute atomic E-state index is 11.5. The van der Waals surface area contributed by atoms with Crippen LogP contribution < -0.4 is 10.6 Å². The van der Waals surface area contributed by atoms with Gasteiger partial charge in [-0.1, -0.05) is 24.2 Å². The number of hydrogen-bond donors (Lipinski definition) is 2. The summed E-state index contributed by atoms with van der Waals surface area (Å²) in [7, 11) is 0. The molecule has 1 unspecified atom stereocenters. The zero-order valence-electron chi connectivity index (χ0n) is 17.4. The van der Waals surface area contributed by atoms with Gasteiger partial charge in [0.1, 0.15) is 10.8 Å². The van der Waals surface area contributed by atoms with E-state index in [0.717, 1.165) is 52.2 Å². The van der Waals surface area contributed by atoms with Crippen LogP contribution in [0.5, 0.6) is 0 Å². The first-order chi connectivity index (χ1) is 14.6. The molecule has 1 aliphatic heterocycles. The van der Waals surface area contributed by atoms with Crippen molar-refractivity contribution in [3.05, 3.63) is 29.4 Å². The molecule has 0 aromatic carbocycles. The Morgan fingerprint density at radius 1 is 1.16 bits per heavy atom. The van der Waals surface area contributed by atoms with Crippen molar-refractivity contribution in [2.45, 2.75) is 51.0 Å². The highest BCUT2D eigenvalue weighted by atomic mass is 35.5. The standard InChI is InChI=1S/C21H25N7OS.ClH/c1-13(29)28-9-8-15(12-28)23-16-10-18-17(22-11-16)6-7-19(24-18)25-21-27-26-20(30-21)14-4-2-3-5-14;/h6-7,10-11,14-15,23H,2-5,8-9,12H2,1H3,(H,24,25,27);1H. The molecule has 2 fully saturated rings. The smallest absolute Gasteiger partial charge is 0.219 e. The van der Waals surface area contributed by atoms with Crippen LogP contribution in [0.2, 0.25) is 0 Å². The summed E-state index contributed by atoms with van der Waals surface area (Å²) in [6.45, 7) is 3.14. The second-order valence-electron chi connectivity index (χ2n) is 8.11. The summed E-state index contributed by atoms with van der Waals surface area (Å²) in [5.74, 6) is 1.43. The van der Waals surface area contributed by atoms with Crippen LogP contribution in [0.4, 0.5) is 16.6 Å². The van der Waals surface area contributed by atoms with Gasteiger partial charge >= 0.3 is 0 Å². The van der Waals surface area contributed by atoms with Crippen LogP contribution >= 0.6 is 23.7 Å². The normalized spacial score (nSPS) is 18.9. The van der Waals surface area contributed by atoms with Gasteiger partial charge in [0, 0.05) is 32.0 Å². The van der Waals surface area contributed by atoms with E-state index in [1.165, 1.54) is 25.7 Å². The summed E-state index contributed by atoms with van der Waals surface area (Å²) < 4.78 is 0.